The van der Waals surface area contributed by atoms with Crippen LogP contribution in [0.25, 0.3) is 5.69 Å². The molecule has 2 aliphatic rings. The molecule has 0 radical (unpaired) electrons. The monoisotopic (exact) mass is 342 g/mol. The van der Waals surface area contributed by atoms with Crippen LogP contribution in [0.3, 0.4) is 0 Å². The first-order valence-corrected chi connectivity index (χ1v) is 8.66. The highest BCUT2D eigenvalue weighted by molar-refractivity contribution is 5.79. The first-order chi connectivity index (χ1) is 12.2. The van der Waals surface area contributed by atoms with E-state index in [2.05, 4.69) is 15.5 Å². The van der Waals surface area contributed by atoms with Crippen LogP contribution in [-0.2, 0) is 16.0 Å². The number of aliphatic hydroxyl groups is 1. The molecular weight excluding hydrogens is 320 g/mol. The molecule has 1 saturated heterocycles. The fourth-order valence-corrected chi connectivity index (χ4v) is 3.95. The van der Waals surface area contributed by atoms with Crippen molar-refractivity contribution in [2.45, 2.75) is 37.8 Å². The van der Waals surface area contributed by atoms with Crippen molar-refractivity contribution in [1.29, 1.82) is 0 Å². The van der Waals surface area contributed by atoms with Crippen LogP contribution in [0.2, 0.25) is 0 Å². The zero-order chi connectivity index (χ0) is 17.3. The van der Waals surface area contributed by atoms with E-state index in [1.807, 2.05) is 28.8 Å². The molecule has 1 amide bonds. The largest absolute Gasteiger partial charge is 0.392 e. The SMILES string of the molecule is O=C(Cc1ccc(-n2cnnc2)cc1)N[C@@H]1C[C@@H](O)C12CCOCC2. The lowest BCUT2D eigenvalue weighted by molar-refractivity contribution is -0.155. The van der Waals surface area contributed by atoms with E-state index in [1.54, 1.807) is 12.7 Å². The number of hydrogen-bond donors (Lipinski definition) is 2. The second-order valence-electron chi connectivity index (χ2n) is 6.93. The summed E-state index contributed by atoms with van der Waals surface area (Å²) in [5.74, 6) is -0.000172. The van der Waals surface area contributed by atoms with Crippen LogP contribution in [0.1, 0.15) is 24.8 Å². The second kappa shape index (κ2) is 6.57. The molecule has 132 valence electrons. The molecule has 7 heteroatoms. The summed E-state index contributed by atoms with van der Waals surface area (Å²) < 4.78 is 7.22. The van der Waals surface area contributed by atoms with Gasteiger partial charge < -0.3 is 15.2 Å². The first-order valence-electron chi connectivity index (χ1n) is 8.66. The molecule has 1 aromatic carbocycles. The molecule has 2 fully saturated rings. The van der Waals surface area contributed by atoms with Crippen molar-refractivity contribution >= 4 is 5.91 Å². The van der Waals surface area contributed by atoms with Gasteiger partial charge in [0.15, 0.2) is 0 Å². The van der Waals surface area contributed by atoms with Crippen LogP contribution in [0.15, 0.2) is 36.9 Å². The van der Waals surface area contributed by atoms with Gasteiger partial charge in [-0.1, -0.05) is 12.1 Å². The summed E-state index contributed by atoms with van der Waals surface area (Å²) in [4.78, 5) is 12.4. The highest BCUT2D eigenvalue weighted by Crippen LogP contribution is 2.48. The number of ether oxygens (including phenoxy) is 1. The van der Waals surface area contributed by atoms with E-state index in [-0.39, 0.29) is 23.5 Å². The zero-order valence-corrected chi connectivity index (χ0v) is 14.0. The summed E-state index contributed by atoms with van der Waals surface area (Å²) in [7, 11) is 0. The third-order valence-electron chi connectivity index (χ3n) is 5.59. The topological polar surface area (TPSA) is 89.3 Å². The van der Waals surface area contributed by atoms with E-state index < -0.39 is 0 Å². The number of amides is 1. The van der Waals surface area contributed by atoms with Gasteiger partial charge in [-0.05, 0) is 37.0 Å². The lowest BCUT2D eigenvalue weighted by Gasteiger charge is -2.55. The van der Waals surface area contributed by atoms with Crippen molar-refractivity contribution in [2.75, 3.05) is 13.2 Å². The maximum atomic E-state index is 12.4. The summed E-state index contributed by atoms with van der Waals surface area (Å²) in [5, 5.41) is 20.9. The van der Waals surface area contributed by atoms with Crippen LogP contribution in [-0.4, -0.2) is 51.1 Å². The van der Waals surface area contributed by atoms with Crippen molar-refractivity contribution in [3.05, 3.63) is 42.5 Å². The van der Waals surface area contributed by atoms with Crippen LogP contribution >= 0.6 is 0 Å². The Bertz CT molecular complexity index is 723. The fourth-order valence-electron chi connectivity index (χ4n) is 3.95. The van der Waals surface area contributed by atoms with Gasteiger partial charge in [0, 0.05) is 30.4 Å². The number of rotatable bonds is 4. The Labute approximate surface area is 146 Å². The Morgan fingerprint density at radius 1 is 1.24 bits per heavy atom. The van der Waals surface area contributed by atoms with Crippen LogP contribution < -0.4 is 5.32 Å². The van der Waals surface area contributed by atoms with E-state index >= 15 is 0 Å². The Balaban J connectivity index is 1.36. The number of aromatic nitrogens is 3. The molecule has 2 N–H and O–H groups in total. The Kier molecular flexibility index (Phi) is 4.27. The first kappa shape index (κ1) is 16.2. The molecule has 1 aromatic heterocycles. The van der Waals surface area contributed by atoms with E-state index in [0.29, 0.717) is 26.1 Å². The summed E-state index contributed by atoms with van der Waals surface area (Å²) in [6.45, 7) is 1.32. The molecule has 25 heavy (non-hydrogen) atoms. The number of carbonyl (C=O) groups excluding carboxylic acids is 1. The number of hydrogen-bond acceptors (Lipinski definition) is 5. The van der Waals surface area contributed by atoms with Gasteiger partial charge in [0.25, 0.3) is 0 Å². The lowest BCUT2D eigenvalue weighted by Crippen LogP contribution is -2.65. The number of nitrogens with zero attached hydrogens (tertiary/aromatic N) is 3. The molecule has 1 aliphatic carbocycles. The fraction of sp³-hybridized carbons (Fsp3) is 0.500. The molecule has 7 nitrogen and oxygen atoms in total. The van der Waals surface area contributed by atoms with Crippen LogP contribution in [0.4, 0.5) is 0 Å². The van der Waals surface area contributed by atoms with Gasteiger partial charge >= 0.3 is 0 Å². The second-order valence-corrected chi connectivity index (χ2v) is 6.93. The molecule has 2 atom stereocenters. The molecule has 1 spiro atoms. The minimum atomic E-state index is -0.329. The van der Waals surface area contributed by atoms with Crippen LogP contribution in [0.5, 0.6) is 0 Å². The van der Waals surface area contributed by atoms with Crippen molar-refractivity contribution < 1.29 is 14.6 Å². The summed E-state index contributed by atoms with van der Waals surface area (Å²) in [5.41, 5.74) is 1.72. The van der Waals surface area contributed by atoms with Crippen molar-refractivity contribution in [1.82, 2.24) is 20.1 Å². The van der Waals surface area contributed by atoms with Gasteiger partial charge in [-0.3, -0.25) is 9.36 Å². The smallest absolute Gasteiger partial charge is 0.224 e. The normalized spacial score (nSPS) is 24.7. The third kappa shape index (κ3) is 3.05. The molecule has 1 aliphatic heterocycles. The lowest BCUT2D eigenvalue weighted by atomic mass is 9.58. The average molecular weight is 342 g/mol. The Hall–Kier alpha value is -2.25. The number of nitrogens with one attached hydrogen (secondary N) is 1. The highest BCUT2D eigenvalue weighted by Gasteiger charge is 2.55. The quantitative estimate of drug-likeness (QED) is 0.860. The van der Waals surface area contributed by atoms with Gasteiger partial charge in [-0.15, -0.1) is 10.2 Å². The molecule has 0 unspecified atom stereocenters. The van der Waals surface area contributed by atoms with Crippen molar-refractivity contribution in [2.24, 2.45) is 5.41 Å². The summed E-state index contributed by atoms with van der Waals surface area (Å²) in [6, 6.07) is 7.82. The minimum Gasteiger partial charge on any atom is -0.392 e. The molecule has 4 rings (SSSR count). The Morgan fingerprint density at radius 2 is 1.92 bits per heavy atom. The van der Waals surface area contributed by atoms with E-state index in [9.17, 15) is 9.90 Å². The van der Waals surface area contributed by atoms with Crippen LogP contribution in [0, 0.1) is 5.41 Å². The predicted octanol–water partition coefficient (Wildman–Crippen LogP) is 0.856. The molecule has 2 heterocycles. The number of benzene rings is 1. The van der Waals surface area contributed by atoms with E-state index in [0.717, 1.165) is 24.1 Å². The van der Waals surface area contributed by atoms with Gasteiger partial charge in [0.2, 0.25) is 5.91 Å². The maximum Gasteiger partial charge on any atom is 0.224 e. The molecule has 0 bridgehead atoms. The van der Waals surface area contributed by atoms with E-state index in [4.69, 9.17) is 4.74 Å². The van der Waals surface area contributed by atoms with Crippen molar-refractivity contribution in [3.8, 4) is 5.69 Å². The minimum absolute atomic E-state index is 0.000172. The van der Waals surface area contributed by atoms with Crippen molar-refractivity contribution in [3.63, 3.8) is 0 Å². The van der Waals surface area contributed by atoms with Gasteiger partial charge in [-0.2, -0.15) is 0 Å². The summed E-state index contributed by atoms with van der Waals surface area (Å²) in [6.07, 6.45) is 5.54. The molecule has 2 aromatic rings. The summed E-state index contributed by atoms with van der Waals surface area (Å²) >= 11 is 0. The standard InChI is InChI=1S/C18H22N4O3/c23-16-10-15(18(16)5-7-25-8-6-18)21-17(24)9-13-1-3-14(4-2-13)22-11-19-20-12-22/h1-4,11-12,15-16,23H,5-10H2,(H,21,24)/t15-,16-/m1/s1. The third-order valence-corrected chi connectivity index (χ3v) is 5.59. The number of aliphatic hydroxyl groups excluding tert-OH is 1. The predicted molar refractivity (Wildman–Crippen MR) is 90.1 cm³/mol. The molecular formula is C18H22N4O3. The van der Waals surface area contributed by atoms with Gasteiger partial charge in [0.1, 0.15) is 12.7 Å². The van der Waals surface area contributed by atoms with Gasteiger partial charge in [0.05, 0.1) is 12.5 Å². The maximum absolute atomic E-state index is 12.4. The van der Waals surface area contributed by atoms with E-state index in [1.165, 1.54) is 0 Å². The molecule has 1 saturated carbocycles. The average Bonchev–Trinajstić information content (AvgIpc) is 3.17. The highest BCUT2D eigenvalue weighted by atomic mass is 16.5. The Morgan fingerprint density at radius 3 is 2.56 bits per heavy atom. The van der Waals surface area contributed by atoms with Gasteiger partial charge in [-0.25, -0.2) is 0 Å². The number of carbonyl (C=O) groups is 1. The zero-order valence-electron chi connectivity index (χ0n) is 14.0.